The molecule has 142 valence electrons. The SMILES string of the molecule is CN1COCN(Cc2cnc(Sc3ccc(C(=O)O)cc3)s2)/C1=N/[N+](=O)[O-]. The van der Waals surface area contributed by atoms with Crippen LogP contribution < -0.4 is 0 Å². The number of carbonyl (C=O) groups is 1. The van der Waals surface area contributed by atoms with E-state index >= 15 is 0 Å². The van der Waals surface area contributed by atoms with Crippen molar-refractivity contribution in [2.24, 2.45) is 5.10 Å². The molecule has 0 atom stereocenters. The lowest BCUT2D eigenvalue weighted by Crippen LogP contribution is -2.49. The van der Waals surface area contributed by atoms with E-state index in [0.717, 1.165) is 14.1 Å². The van der Waals surface area contributed by atoms with E-state index in [1.165, 1.54) is 23.1 Å². The Hall–Kier alpha value is -2.70. The lowest BCUT2D eigenvalue weighted by Gasteiger charge is -2.34. The van der Waals surface area contributed by atoms with Crippen LogP contribution in [0.3, 0.4) is 0 Å². The number of rotatable bonds is 6. The largest absolute Gasteiger partial charge is 0.478 e. The molecule has 0 saturated carbocycles. The summed E-state index contributed by atoms with van der Waals surface area (Å²) in [7, 11) is 1.67. The second kappa shape index (κ2) is 8.33. The van der Waals surface area contributed by atoms with E-state index in [2.05, 4.69) is 10.1 Å². The number of hydrazone groups is 1. The van der Waals surface area contributed by atoms with Gasteiger partial charge in [0.15, 0.2) is 9.37 Å². The van der Waals surface area contributed by atoms with Crippen LogP contribution in [0.2, 0.25) is 0 Å². The van der Waals surface area contributed by atoms with E-state index in [4.69, 9.17) is 9.84 Å². The van der Waals surface area contributed by atoms with Crippen molar-refractivity contribution in [3.05, 3.63) is 51.0 Å². The maximum Gasteiger partial charge on any atom is 0.335 e. The molecule has 12 heteroatoms. The number of thiazole rings is 1. The van der Waals surface area contributed by atoms with Crippen LogP contribution in [-0.2, 0) is 11.3 Å². The minimum absolute atomic E-state index is 0.202. The molecule has 2 heterocycles. The summed E-state index contributed by atoms with van der Waals surface area (Å²) in [6.45, 7) is 0.820. The molecule has 1 aliphatic rings. The molecule has 1 aliphatic heterocycles. The number of aromatic carboxylic acids is 1. The normalized spacial score (nSPS) is 16.0. The molecule has 1 fully saturated rings. The average Bonchev–Trinajstić information content (AvgIpc) is 3.05. The predicted molar refractivity (Wildman–Crippen MR) is 98.2 cm³/mol. The summed E-state index contributed by atoms with van der Waals surface area (Å²) in [6.07, 6.45) is 1.71. The van der Waals surface area contributed by atoms with E-state index in [1.54, 1.807) is 47.3 Å². The quantitative estimate of drug-likeness (QED) is 0.565. The van der Waals surface area contributed by atoms with Crippen LogP contribution in [0.4, 0.5) is 0 Å². The zero-order valence-corrected chi connectivity index (χ0v) is 15.8. The third-order valence-corrected chi connectivity index (χ3v) is 5.58. The molecule has 1 N–H and O–H groups in total. The molecule has 0 spiro atoms. The van der Waals surface area contributed by atoms with Gasteiger partial charge in [-0.15, -0.1) is 11.3 Å². The number of nitro groups is 1. The van der Waals surface area contributed by atoms with Gasteiger partial charge in [-0.2, -0.15) is 0 Å². The summed E-state index contributed by atoms with van der Waals surface area (Å²) in [6, 6.07) is 6.54. The zero-order valence-electron chi connectivity index (χ0n) is 14.1. The summed E-state index contributed by atoms with van der Waals surface area (Å²) in [5.41, 5.74) is 0.228. The molecule has 1 aromatic heterocycles. The molecule has 0 radical (unpaired) electrons. The van der Waals surface area contributed by atoms with Crippen molar-refractivity contribution >= 4 is 35.0 Å². The highest BCUT2D eigenvalue weighted by Crippen LogP contribution is 2.32. The summed E-state index contributed by atoms with van der Waals surface area (Å²) in [4.78, 5) is 31.0. The molecular weight excluding hydrogens is 394 g/mol. The number of hydrogen-bond donors (Lipinski definition) is 1. The number of nitrogens with zero attached hydrogens (tertiary/aromatic N) is 5. The van der Waals surface area contributed by atoms with Crippen LogP contribution in [0.1, 0.15) is 15.2 Å². The Labute approximate surface area is 162 Å². The van der Waals surface area contributed by atoms with Gasteiger partial charge in [0.05, 0.1) is 12.1 Å². The first-order valence-electron chi connectivity index (χ1n) is 7.65. The number of carboxylic acids is 1. The Kier molecular flexibility index (Phi) is 5.88. The standard InChI is InChI=1S/C15H15N5O5S2/c1-18-8-25-9-19(14(18)17-20(23)24)7-12-6-16-15(27-12)26-11-4-2-10(3-5-11)13(21)22/h2-6H,7-9H2,1H3,(H,21,22)/b17-14+. The van der Waals surface area contributed by atoms with Crippen LogP contribution in [0.5, 0.6) is 0 Å². The fourth-order valence-corrected chi connectivity index (χ4v) is 4.35. The number of aromatic nitrogens is 1. The van der Waals surface area contributed by atoms with Crippen LogP contribution in [-0.4, -0.2) is 57.4 Å². The van der Waals surface area contributed by atoms with Crippen molar-refractivity contribution in [1.82, 2.24) is 14.8 Å². The summed E-state index contributed by atoms with van der Waals surface area (Å²) in [5.74, 6) is -0.734. The van der Waals surface area contributed by atoms with Crippen LogP contribution in [0.15, 0.2) is 44.8 Å². The highest BCUT2D eigenvalue weighted by molar-refractivity contribution is 8.01. The molecular formula is C15H15N5O5S2. The van der Waals surface area contributed by atoms with Gasteiger partial charge >= 0.3 is 5.97 Å². The summed E-state index contributed by atoms with van der Waals surface area (Å²) < 4.78 is 6.18. The Balaban J connectivity index is 1.68. The van der Waals surface area contributed by atoms with E-state index in [0.29, 0.717) is 6.54 Å². The number of benzene rings is 1. The summed E-state index contributed by atoms with van der Waals surface area (Å²) in [5, 5.41) is 22.4. The lowest BCUT2D eigenvalue weighted by atomic mass is 10.2. The molecule has 27 heavy (non-hydrogen) atoms. The number of ether oxygens (including phenoxy) is 1. The number of guanidine groups is 1. The third kappa shape index (κ3) is 4.93. The molecule has 0 amide bonds. The lowest BCUT2D eigenvalue weighted by molar-refractivity contribution is -0.486. The van der Waals surface area contributed by atoms with Crippen molar-refractivity contribution < 1.29 is 19.7 Å². The van der Waals surface area contributed by atoms with Crippen molar-refractivity contribution in [3.63, 3.8) is 0 Å². The van der Waals surface area contributed by atoms with Gasteiger partial charge in [-0.25, -0.2) is 19.9 Å². The Morgan fingerprint density at radius 1 is 1.44 bits per heavy atom. The van der Waals surface area contributed by atoms with Crippen molar-refractivity contribution in [2.45, 2.75) is 15.8 Å². The Bertz CT molecular complexity index is 870. The average molecular weight is 409 g/mol. The van der Waals surface area contributed by atoms with E-state index in [1.807, 2.05) is 0 Å². The first-order valence-corrected chi connectivity index (χ1v) is 9.28. The van der Waals surface area contributed by atoms with Crippen molar-refractivity contribution in [2.75, 3.05) is 20.5 Å². The van der Waals surface area contributed by atoms with Gasteiger partial charge in [0, 0.05) is 23.0 Å². The maximum absolute atomic E-state index is 10.9. The number of hydrogen-bond acceptors (Lipinski definition) is 7. The van der Waals surface area contributed by atoms with Crippen LogP contribution in [0.25, 0.3) is 0 Å². The smallest absolute Gasteiger partial charge is 0.335 e. The predicted octanol–water partition coefficient (Wildman–Crippen LogP) is 2.22. The fraction of sp³-hybridized carbons (Fsp3) is 0.267. The minimum Gasteiger partial charge on any atom is -0.478 e. The first kappa shape index (κ1) is 19.1. The number of carboxylic acid groups (broad SMARTS) is 1. The maximum atomic E-state index is 10.9. The van der Waals surface area contributed by atoms with Crippen molar-refractivity contribution in [1.29, 1.82) is 0 Å². The van der Waals surface area contributed by atoms with Gasteiger partial charge in [-0.1, -0.05) is 11.8 Å². The van der Waals surface area contributed by atoms with Gasteiger partial charge in [-0.05, 0) is 24.3 Å². The van der Waals surface area contributed by atoms with Crippen molar-refractivity contribution in [3.8, 4) is 0 Å². The van der Waals surface area contributed by atoms with Gasteiger partial charge in [0.2, 0.25) is 0 Å². The Morgan fingerprint density at radius 2 is 2.19 bits per heavy atom. The Morgan fingerprint density at radius 3 is 2.85 bits per heavy atom. The molecule has 2 aromatic rings. The van der Waals surface area contributed by atoms with Gasteiger partial charge in [0.1, 0.15) is 18.6 Å². The van der Waals surface area contributed by atoms with Gasteiger partial charge in [-0.3, -0.25) is 0 Å². The van der Waals surface area contributed by atoms with Gasteiger partial charge in [0.25, 0.3) is 5.96 Å². The zero-order chi connectivity index (χ0) is 19.4. The molecule has 10 nitrogen and oxygen atoms in total. The highest BCUT2D eigenvalue weighted by Gasteiger charge is 2.25. The van der Waals surface area contributed by atoms with E-state index in [-0.39, 0.29) is 25.0 Å². The fourth-order valence-electron chi connectivity index (χ4n) is 2.34. The monoisotopic (exact) mass is 409 g/mol. The van der Waals surface area contributed by atoms with Crippen LogP contribution >= 0.6 is 23.1 Å². The molecule has 0 bridgehead atoms. The first-order chi connectivity index (χ1) is 12.9. The molecule has 1 aromatic carbocycles. The van der Waals surface area contributed by atoms with Gasteiger partial charge < -0.3 is 19.6 Å². The van der Waals surface area contributed by atoms with Crippen LogP contribution in [0, 0.1) is 10.1 Å². The minimum atomic E-state index is -0.969. The molecule has 0 unspecified atom stereocenters. The topological polar surface area (TPSA) is 121 Å². The molecule has 0 aliphatic carbocycles. The second-order valence-corrected chi connectivity index (χ2v) is 7.96. The molecule has 3 rings (SSSR count). The highest BCUT2D eigenvalue weighted by atomic mass is 32.2. The van der Waals surface area contributed by atoms with E-state index < -0.39 is 11.0 Å². The summed E-state index contributed by atoms with van der Waals surface area (Å²) >= 11 is 2.87. The second-order valence-electron chi connectivity index (χ2n) is 5.52. The van der Waals surface area contributed by atoms with E-state index in [9.17, 15) is 14.9 Å². The third-order valence-electron chi connectivity index (χ3n) is 3.51. The molecule has 1 saturated heterocycles.